The molecule has 6 nitrogen and oxygen atoms in total. The number of rotatable bonds is 3. The van der Waals surface area contributed by atoms with E-state index in [4.69, 9.17) is 4.74 Å². The molecule has 1 fully saturated rings. The maximum Gasteiger partial charge on any atom is 0.278 e. The second-order valence-electron chi connectivity index (χ2n) is 6.51. The molecule has 1 saturated heterocycles. The number of aromatic amines is 1. The number of nitrogens with zero attached hydrogens (tertiary/aromatic N) is 2. The van der Waals surface area contributed by atoms with Crippen LogP contribution in [0.2, 0.25) is 0 Å². The molecule has 0 unspecified atom stereocenters. The summed E-state index contributed by atoms with van der Waals surface area (Å²) < 4.78 is 19.0. The highest BCUT2D eigenvalue weighted by molar-refractivity contribution is 5.95. The minimum absolute atomic E-state index is 0.0984. The van der Waals surface area contributed by atoms with Crippen LogP contribution in [0.1, 0.15) is 23.3 Å². The van der Waals surface area contributed by atoms with Gasteiger partial charge < -0.3 is 9.64 Å². The Morgan fingerprint density at radius 2 is 1.93 bits per heavy atom. The Labute approximate surface area is 154 Å². The summed E-state index contributed by atoms with van der Waals surface area (Å²) in [6, 6.07) is 13.0. The zero-order valence-electron chi connectivity index (χ0n) is 14.5. The van der Waals surface area contributed by atoms with E-state index in [0.717, 1.165) is 0 Å². The van der Waals surface area contributed by atoms with Crippen LogP contribution in [0.15, 0.2) is 53.3 Å². The summed E-state index contributed by atoms with van der Waals surface area (Å²) in [5.74, 6) is -0.250. The third-order valence-electron chi connectivity index (χ3n) is 4.71. The van der Waals surface area contributed by atoms with Crippen molar-refractivity contribution in [2.24, 2.45) is 0 Å². The zero-order valence-corrected chi connectivity index (χ0v) is 14.5. The molecule has 0 spiro atoms. The third kappa shape index (κ3) is 3.53. The number of halogens is 1. The number of H-pyrrole nitrogens is 1. The van der Waals surface area contributed by atoms with Gasteiger partial charge in [-0.05, 0) is 24.3 Å². The molecule has 1 aromatic heterocycles. The molecule has 0 radical (unpaired) electrons. The molecule has 0 atom stereocenters. The number of likely N-dealkylation sites (tertiary alicyclic amines) is 1. The fraction of sp³-hybridized carbons (Fsp3) is 0.250. The molecular formula is C20H18FN3O3. The lowest BCUT2D eigenvalue weighted by atomic mass is 10.1. The van der Waals surface area contributed by atoms with Gasteiger partial charge in [-0.1, -0.05) is 18.2 Å². The minimum atomic E-state index is -0.383. The highest BCUT2D eigenvalue weighted by Gasteiger charge is 2.27. The Morgan fingerprint density at radius 3 is 2.70 bits per heavy atom. The molecule has 3 aromatic rings. The van der Waals surface area contributed by atoms with Crippen LogP contribution >= 0.6 is 0 Å². The highest BCUT2D eigenvalue weighted by Crippen LogP contribution is 2.20. The summed E-state index contributed by atoms with van der Waals surface area (Å²) in [5.41, 5.74) is 0.131. The van der Waals surface area contributed by atoms with Crippen molar-refractivity contribution >= 4 is 16.8 Å². The van der Waals surface area contributed by atoms with Gasteiger partial charge >= 0.3 is 0 Å². The molecule has 2 aromatic carbocycles. The average Bonchev–Trinajstić information content (AvgIpc) is 2.69. The number of fused-ring (bicyclic) bond motifs is 1. The largest absolute Gasteiger partial charge is 0.490 e. The van der Waals surface area contributed by atoms with Gasteiger partial charge in [0.2, 0.25) is 5.43 Å². The molecule has 1 amide bonds. The summed E-state index contributed by atoms with van der Waals surface area (Å²) in [7, 11) is 0. The first-order valence-electron chi connectivity index (χ1n) is 8.81. The SMILES string of the molecule is O=C(c1n[nH]c2ccccc2c1=O)N1CCC(Oc2cccc(F)c2)CC1. The van der Waals surface area contributed by atoms with E-state index in [2.05, 4.69) is 10.2 Å². The van der Waals surface area contributed by atoms with Crippen LogP contribution in [-0.4, -0.2) is 40.2 Å². The van der Waals surface area contributed by atoms with Crippen LogP contribution in [0.4, 0.5) is 4.39 Å². The van der Waals surface area contributed by atoms with Crippen molar-refractivity contribution in [1.29, 1.82) is 0 Å². The number of aromatic nitrogens is 2. The number of carbonyl (C=O) groups is 1. The quantitative estimate of drug-likeness (QED) is 0.772. The van der Waals surface area contributed by atoms with Crippen molar-refractivity contribution in [2.75, 3.05) is 13.1 Å². The van der Waals surface area contributed by atoms with Gasteiger partial charge in [-0.25, -0.2) is 4.39 Å². The Hall–Kier alpha value is -3.22. The van der Waals surface area contributed by atoms with Gasteiger partial charge in [-0.15, -0.1) is 0 Å². The second kappa shape index (κ2) is 7.19. The molecule has 138 valence electrons. The summed E-state index contributed by atoms with van der Waals surface area (Å²) in [4.78, 5) is 26.9. The number of carbonyl (C=O) groups excluding carboxylic acids is 1. The maximum absolute atomic E-state index is 13.3. The number of benzene rings is 2. The van der Waals surface area contributed by atoms with Crippen LogP contribution in [0, 0.1) is 5.82 Å². The van der Waals surface area contributed by atoms with E-state index in [1.165, 1.54) is 12.1 Å². The van der Waals surface area contributed by atoms with Gasteiger partial charge in [0.1, 0.15) is 17.7 Å². The molecule has 27 heavy (non-hydrogen) atoms. The molecule has 1 aliphatic rings. The van der Waals surface area contributed by atoms with E-state index < -0.39 is 0 Å². The smallest absolute Gasteiger partial charge is 0.278 e. The third-order valence-corrected chi connectivity index (χ3v) is 4.71. The van der Waals surface area contributed by atoms with Crippen molar-refractivity contribution in [3.8, 4) is 5.75 Å². The fourth-order valence-electron chi connectivity index (χ4n) is 3.28. The van der Waals surface area contributed by atoms with Crippen LogP contribution in [-0.2, 0) is 0 Å². The first-order chi connectivity index (χ1) is 13.1. The summed E-state index contributed by atoms with van der Waals surface area (Å²) in [6.45, 7) is 0.902. The fourth-order valence-corrected chi connectivity index (χ4v) is 3.28. The van der Waals surface area contributed by atoms with Crippen LogP contribution in [0.5, 0.6) is 5.75 Å². The summed E-state index contributed by atoms with van der Waals surface area (Å²) in [6.07, 6.45) is 1.11. The Morgan fingerprint density at radius 1 is 1.15 bits per heavy atom. The topological polar surface area (TPSA) is 75.3 Å². The first kappa shape index (κ1) is 17.2. The van der Waals surface area contributed by atoms with Crippen molar-refractivity contribution in [1.82, 2.24) is 15.1 Å². The lowest BCUT2D eigenvalue weighted by Gasteiger charge is -2.31. The van der Waals surface area contributed by atoms with Gasteiger partial charge in [-0.2, -0.15) is 5.10 Å². The van der Waals surface area contributed by atoms with Crippen LogP contribution in [0.25, 0.3) is 10.9 Å². The van der Waals surface area contributed by atoms with E-state index in [-0.39, 0.29) is 29.0 Å². The van der Waals surface area contributed by atoms with Gasteiger partial charge in [0.15, 0.2) is 5.69 Å². The molecule has 0 saturated carbocycles. The van der Waals surface area contributed by atoms with Gasteiger partial charge in [0.05, 0.1) is 5.52 Å². The van der Waals surface area contributed by atoms with E-state index in [9.17, 15) is 14.0 Å². The van der Waals surface area contributed by atoms with Crippen LogP contribution < -0.4 is 10.2 Å². The standard InChI is InChI=1S/C20H18FN3O3/c21-13-4-3-5-15(12-13)27-14-8-10-24(11-9-14)20(26)18-19(25)16-6-1-2-7-17(16)22-23-18/h1-7,12,14H,8-11H2,(H,22,25). The number of hydrogen-bond acceptors (Lipinski definition) is 4. The molecule has 4 rings (SSSR count). The van der Waals surface area contributed by atoms with Gasteiger partial charge in [0, 0.05) is 37.4 Å². The molecule has 0 bridgehead atoms. The Bertz CT molecular complexity index is 1040. The number of hydrogen-bond donors (Lipinski definition) is 1. The average molecular weight is 367 g/mol. The number of ether oxygens (including phenoxy) is 1. The van der Waals surface area contributed by atoms with E-state index in [1.807, 2.05) is 0 Å². The van der Waals surface area contributed by atoms with Gasteiger partial charge in [-0.3, -0.25) is 14.7 Å². The van der Waals surface area contributed by atoms with Crippen molar-refractivity contribution < 1.29 is 13.9 Å². The number of nitrogens with one attached hydrogen (secondary N) is 1. The second-order valence-corrected chi connectivity index (χ2v) is 6.51. The van der Waals surface area contributed by atoms with E-state index in [1.54, 1.807) is 41.3 Å². The first-order valence-corrected chi connectivity index (χ1v) is 8.81. The number of piperidine rings is 1. The summed E-state index contributed by atoms with van der Waals surface area (Å²) in [5, 5.41) is 7.19. The number of amides is 1. The normalized spacial score (nSPS) is 15.1. The maximum atomic E-state index is 13.3. The van der Waals surface area contributed by atoms with Crippen LogP contribution in [0.3, 0.4) is 0 Å². The molecule has 7 heteroatoms. The molecule has 0 aliphatic carbocycles. The van der Waals surface area contributed by atoms with Crippen molar-refractivity contribution in [3.05, 3.63) is 70.3 Å². The van der Waals surface area contributed by atoms with Crippen molar-refractivity contribution in [2.45, 2.75) is 18.9 Å². The Balaban J connectivity index is 1.44. The molecule has 1 N–H and O–H groups in total. The van der Waals surface area contributed by atoms with Gasteiger partial charge in [0.25, 0.3) is 5.91 Å². The monoisotopic (exact) mass is 367 g/mol. The van der Waals surface area contributed by atoms with E-state index in [0.29, 0.717) is 42.6 Å². The zero-order chi connectivity index (χ0) is 18.8. The Kier molecular flexibility index (Phi) is 4.58. The summed E-state index contributed by atoms with van der Waals surface area (Å²) >= 11 is 0. The molecule has 1 aliphatic heterocycles. The highest BCUT2D eigenvalue weighted by atomic mass is 19.1. The lowest BCUT2D eigenvalue weighted by molar-refractivity contribution is 0.0587. The number of para-hydroxylation sites is 1. The molecule has 2 heterocycles. The predicted octanol–water partition coefficient (Wildman–Crippen LogP) is 2.75. The minimum Gasteiger partial charge on any atom is -0.490 e. The molecular weight excluding hydrogens is 349 g/mol. The van der Waals surface area contributed by atoms with Crippen molar-refractivity contribution in [3.63, 3.8) is 0 Å². The van der Waals surface area contributed by atoms with E-state index >= 15 is 0 Å². The predicted molar refractivity (Wildman–Crippen MR) is 98.3 cm³/mol. The lowest BCUT2D eigenvalue weighted by Crippen LogP contribution is -2.43.